The van der Waals surface area contributed by atoms with E-state index in [2.05, 4.69) is 27.7 Å². The quantitative estimate of drug-likeness (QED) is 0.0256. The van der Waals surface area contributed by atoms with E-state index in [1.165, 1.54) is 193 Å². The molecule has 0 spiro atoms. The van der Waals surface area contributed by atoms with E-state index in [1.54, 1.807) is 0 Å². The minimum Gasteiger partial charge on any atom is -0.0654 e. The molecule has 0 aliphatic heterocycles. The van der Waals surface area contributed by atoms with Crippen molar-refractivity contribution >= 4 is 59.0 Å². The molecule has 0 aromatic carbocycles. The van der Waals surface area contributed by atoms with Crippen LogP contribution in [0.25, 0.3) is 0 Å². The second kappa shape index (κ2) is 53.6. The minimum atomic E-state index is -3.05. The topological polar surface area (TPSA) is 78.9 Å². The number of hydrogen-bond donors (Lipinski definition) is 0. The molecule has 386 valence electrons. The van der Waals surface area contributed by atoms with E-state index in [0.717, 1.165) is 73.1 Å². The van der Waals surface area contributed by atoms with Crippen LogP contribution in [0.2, 0.25) is 4.44 Å². The van der Waals surface area contributed by atoms with Crippen molar-refractivity contribution in [3.05, 3.63) is 0 Å². The van der Waals surface area contributed by atoms with E-state index >= 15 is 0 Å². The summed E-state index contributed by atoms with van der Waals surface area (Å²) in [5, 5.41) is 0. The molecule has 0 bridgehead atoms. The number of unbranched alkanes of at least 4 members (excludes halogenated alkanes) is 34. The van der Waals surface area contributed by atoms with Crippen molar-refractivity contribution < 1.29 is 28.6 Å². The van der Waals surface area contributed by atoms with Gasteiger partial charge in [0.1, 0.15) is 0 Å². The zero-order chi connectivity index (χ0) is 47.4. The van der Waals surface area contributed by atoms with Crippen molar-refractivity contribution in [1.82, 2.24) is 0 Å². The number of carbonyl (C=O) groups excluding carboxylic acids is 3. The summed E-state index contributed by atoms with van der Waals surface area (Å²) in [6.45, 7) is 10.6. The number of ether oxygens (including phenoxy) is 3. The molecule has 10 heteroatoms. The SMILES string of the molecule is CCCCCCCCCCCCCCOC(=O)CC[S][Sn]([CH2]CCC)([S]CCC(=O)OCCCCCCCCCCCCCC)[S]CCC(=O)OCCCCCCCCCCCCCC. The fourth-order valence-corrected chi connectivity index (χ4v) is 47.3. The summed E-state index contributed by atoms with van der Waals surface area (Å²) in [4.78, 5) is 38.5. The van der Waals surface area contributed by atoms with Gasteiger partial charge in [-0.2, -0.15) is 0 Å². The van der Waals surface area contributed by atoms with Crippen LogP contribution in [0, 0.1) is 0 Å². The molecule has 0 fully saturated rings. The Morgan fingerprint density at radius 1 is 0.292 bits per heavy atom. The molecule has 0 aliphatic carbocycles. The zero-order valence-electron chi connectivity index (χ0n) is 43.6. The standard InChI is InChI=1S/3C17H34O2S.C4H9.Sn/c3*1-2-3-4-5-6-7-8-9-10-11-12-13-15-19-17(18)14-16-20;1-3-4-2;/h3*20H,2-16H2,1H3;1,3-4H2,2H3;/q;;;;+3/p-3. The molecule has 0 saturated carbocycles. The summed E-state index contributed by atoms with van der Waals surface area (Å²) in [6, 6.07) is 0. The molecule has 0 aromatic heterocycles. The summed E-state index contributed by atoms with van der Waals surface area (Å²) < 4.78 is 18.2. The van der Waals surface area contributed by atoms with E-state index in [1.807, 2.05) is 26.8 Å². The second-order valence-corrected chi connectivity index (χ2v) is 53.0. The maximum atomic E-state index is 12.8. The van der Waals surface area contributed by atoms with Gasteiger partial charge in [-0.3, -0.25) is 0 Å². The van der Waals surface area contributed by atoms with E-state index in [0.29, 0.717) is 39.1 Å². The van der Waals surface area contributed by atoms with Crippen molar-refractivity contribution in [3.63, 3.8) is 0 Å². The van der Waals surface area contributed by atoms with Crippen LogP contribution in [-0.4, -0.2) is 69.2 Å². The summed E-state index contributed by atoms with van der Waals surface area (Å²) in [7, 11) is 6.03. The molecule has 0 unspecified atom stereocenters. The first-order valence-corrected chi connectivity index (χ1v) is 43.8. The third-order valence-electron chi connectivity index (χ3n) is 12.5. The molecule has 0 heterocycles. The van der Waals surface area contributed by atoms with E-state index in [4.69, 9.17) is 14.2 Å². The fraction of sp³-hybridized carbons (Fsp3) is 0.945. The van der Waals surface area contributed by atoms with Crippen molar-refractivity contribution in [2.75, 3.05) is 37.1 Å². The van der Waals surface area contributed by atoms with Crippen LogP contribution < -0.4 is 0 Å². The third-order valence-corrected chi connectivity index (χ3v) is 52.7. The smallest absolute Gasteiger partial charge is 0.0654 e. The zero-order valence-corrected chi connectivity index (χ0v) is 48.9. The Balaban J connectivity index is 4.72. The average Bonchev–Trinajstić information content (AvgIpc) is 3.30. The Labute approximate surface area is 417 Å². The van der Waals surface area contributed by atoms with Gasteiger partial charge in [0, 0.05) is 0 Å². The second-order valence-electron chi connectivity index (χ2n) is 18.9. The van der Waals surface area contributed by atoms with E-state index in [-0.39, 0.29) is 17.9 Å². The molecular weight excluding hydrogens is 972 g/mol. The van der Waals surface area contributed by atoms with Crippen LogP contribution in [-0.2, 0) is 28.6 Å². The van der Waals surface area contributed by atoms with Crippen molar-refractivity contribution in [2.45, 2.75) is 295 Å². The van der Waals surface area contributed by atoms with E-state index < -0.39 is 14.2 Å². The molecule has 0 saturated heterocycles. The van der Waals surface area contributed by atoms with Crippen molar-refractivity contribution in [1.29, 1.82) is 0 Å². The van der Waals surface area contributed by atoms with E-state index in [9.17, 15) is 14.4 Å². The van der Waals surface area contributed by atoms with Crippen LogP contribution in [0.15, 0.2) is 0 Å². The van der Waals surface area contributed by atoms with Gasteiger partial charge >= 0.3 is 284 Å². The van der Waals surface area contributed by atoms with Gasteiger partial charge in [0.2, 0.25) is 0 Å². The third kappa shape index (κ3) is 49.1. The Kier molecular flexibility index (Phi) is 53.8. The monoisotopic (exact) mass is 1080 g/mol. The van der Waals surface area contributed by atoms with Crippen molar-refractivity contribution in [2.24, 2.45) is 0 Å². The number of carbonyl (C=O) groups is 3. The predicted molar refractivity (Wildman–Crippen MR) is 293 cm³/mol. The Morgan fingerprint density at radius 3 is 0.708 bits per heavy atom. The Morgan fingerprint density at radius 2 is 0.492 bits per heavy atom. The van der Waals surface area contributed by atoms with Gasteiger partial charge in [0.15, 0.2) is 0 Å². The summed E-state index contributed by atoms with van der Waals surface area (Å²) in [5.74, 6) is 1.99. The predicted octanol–water partition coefficient (Wildman–Crippen LogP) is 18.8. The molecule has 65 heavy (non-hydrogen) atoms. The van der Waals surface area contributed by atoms with Gasteiger partial charge < -0.3 is 0 Å². The summed E-state index contributed by atoms with van der Waals surface area (Å²) in [5.41, 5.74) is 0. The van der Waals surface area contributed by atoms with Gasteiger partial charge in [0.25, 0.3) is 0 Å². The molecule has 0 aromatic rings. The minimum absolute atomic E-state index is 0.0889. The fourth-order valence-electron chi connectivity index (χ4n) is 8.21. The number of esters is 3. The van der Waals surface area contributed by atoms with Crippen LogP contribution >= 0.6 is 26.8 Å². The molecule has 0 rings (SSSR count). The first kappa shape index (κ1) is 65.3. The first-order chi connectivity index (χ1) is 31.9. The Hall–Kier alpha value is 0.259. The average molecular weight is 1080 g/mol. The number of hydrogen-bond acceptors (Lipinski definition) is 9. The van der Waals surface area contributed by atoms with Crippen LogP contribution in [0.5, 0.6) is 0 Å². The van der Waals surface area contributed by atoms with Gasteiger partial charge in [-0.15, -0.1) is 0 Å². The summed E-state index contributed by atoms with van der Waals surface area (Å²) in [6.07, 6.45) is 50.1. The van der Waals surface area contributed by atoms with Gasteiger partial charge in [0.05, 0.1) is 0 Å². The van der Waals surface area contributed by atoms with Gasteiger partial charge in [-0.25, -0.2) is 0 Å². The molecule has 0 radical (unpaired) electrons. The number of rotatable bonds is 54. The maximum absolute atomic E-state index is 12.8. The molecule has 0 aliphatic rings. The van der Waals surface area contributed by atoms with Gasteiger partial charge in [-0.05, 0) is 0 Å². The van der Waals surface area contributed by atoms with Crippen LogP contribution in [0.1, 0.15) is 291 Å². The summed E-state index contributed by atoms with van der Waals surface area (Å²) >= 11 is -3.05. The molecule has 6 nitrogen and oxygen atoms in total. The normalized spacial score (nSPS) is 11.6. The van der Waals surface area contributed by atoms with Crippen molar-refractivity contribution in [3.8, 4) is 0 Å². The van der Waals surface area contributed by atoms with Crippen LogP contribution in [0.3, 0.4) is 0 Å². The first-order valence-electron chi connectivity index (χ1n) is 28.3. The molecule has 0 N–H and O–H groups in total. The molecule has 0 amide bonds. The van der Waals surface area contributed by atoms with Crippen LogP contribution in [0.4, 0.5) is 0 Å². The Bertz CT molecular complexity index is 903. The van der Waals surface area contributed by atoms with Gasteiger partial charge in [-0.1, -0.05) is 136 Å². The molecular formula is C55H108O6S3Sn. The molecule has 0 atom stereocenters.